The highest BCUT2D eigenvalue weighted by Crippen LogP contribution is 2.50. The van der Waals surface area contributed by atoms with Gasteiger partial charge in [-0.3, -0.25) is 9.59 Å². The lowest BCUT2D eigenvalue weighted by Crippen LogP contribution is -2.23. The molecular weight excluding hydrogens is 392 g/mol. The van der Waals surface area contributed by atoms with Gasteiger partial charge in [0.2, 0.25) is 0 Å². The van der Waals surface area contributed by atoms with E-state index in [1.807, 2.05) is 0 Å². The fourth-order valence-corrected chi connectivity index (χ4v) is 3.93. The molecule has 0 spiro atoms. The van der Waals surface area contributed by atoms with E-state index in [9.17, 15) is 24.6 Å². The minimum Gasteiger partial charge on any atom is -0.506 e. The Balaban J connectivity index is 2.15. The summed E-state index contributed by atoms with van der Waals surface area (Å²) in [6, 6.07) is 5.79. The zero-order chi connectivity index (χ0) is 21.7. The van der Waals surface area contributed by atoms with Crippen molar-refractivity contribution in [2.75, 3.05) is 7.11 Å². The summed E-state index contributed by atoms with van der Waals surface area (Å²) in [5, 5.41) is 20.9. The monoisotopic (exact) mass is 410 g/mol. The zero-order valence-corrected chi connectivity index (χ0v) is 16.4. The van der Waals surface area contributed by atoms with Crippen molar-refractivity contribution in [3.05, 3.63) is 56.9 Å². The number of Topliss-reactive ketones (excluding diaryl/α,β-unsaturated/α-hetero) is 1. The summed E-state index contributed by atoms with van der Waals surface area (Å²) in [4.78, 5) is 36.9. The molecule has 1 aliphatic heterocycles. The number of carbonyl (C=O) groups excluding carboxylic acids is 2. The molecule has 0 saturated heterocycles. The van der Waals surface area contributed by atoms with Crippen LogP contribution in [0, 0.1) is 6.92 Å². The molecule has 0 fully saturated rings. The predicted octanol–water partition coefficient (Wildman–Crippen LogP) is 3.16. The Hall–Kier alpha value is -3.81. The van der Waals surface area contributed by atoms with Gasteiger partial charge < -0.3 is 24.1 Å². The van der Waals surface area contributed by atoms with Crippen LogP contribution >= 0.6 is 0 Å². The molecule has 1 aromatic heterocycles. The SMILES string of the molecule is COc1cc(C2CC(=O)Oc3c(C(C)=O)c(O)c4c(C)cc(=O)oc4c32)ccc1O. The third-order valence-electron chi connectivity index (χ3n) is 5.24. The minimum absolute atomic E-state index is 0.0436. The maximum atomic E-state index is 12.4. The van der Waals surface area contributed by atoms with Crippen LogP contribution < -0.4 is 15.1 Å². The quantitative estimate of drug-likeness (QED) is 0.292. The van der Waals surface area contributed by atoms with E-state index in [0.29, 0.717) is 16.7 Å². The van der Waals surface area contributed by atoms with Crippen LogP contribution in [0.2, 0.25) is 0 Å². The third-order valence-corrected chi connectivity index (χ3v) is 5.24. The Morgan fingerprint density at radius 1 is 1.20 bits per heavy atom. The van der Waals surface area contributed by atoms with E-state index in [2.05, 4.69) is 0 Å². The smallest absolute Gasteiger partial charge is 0.336 e. The van der Waals surface area contributed by atoms with Gasteiger partial charge in [0, 0.05) is 17.5 Å². The molecule has 2 aromatic carbocycles. The standard InChI is InChI=1S/C22H18O8/c1-9-6-15(25)29-21-17(9)20(27)18(10(2)23)22-19(21)12(8-16(26)30-22)11-4-5-13(24)14(7-11)28-3/h4-7,12,24,27H,8H2,1-3H3. The molecule has 1 atom stereocenters. The first-order chi connectivity index (χ1) is 14.2. The van der Waals surface area contributed by atoms with Crippen molar-refractivity contribution in [3.8, 4) is 23.0 Å². The number of aromatic hydroxyl groups is 2. The van der Waals surface area contributed by atoms with Crippen LogP contribution in [0.25, 0.3) is 11.0 Å². The first-order valence-electron chi connectivity index (χ1n) is 9.14. The van der Waals surface area contributed by atoms with Crippen molar-refractivity contribution < 1.29 is 33.7 Å². The predicted molar refractivity (Wildman–Crippen MR) is 106 cm³/mol. The number of ketones is 1. The zero-order valence-electron chi connectivity index (χ0n) is 16.4. The molecule has 0 saturated carbocycles. The maximum Gasteiger partial charge on any atom is 0.336 e. The summed E-state index contributed by atoms with van der Waals surface area (Å²) in [5.41, 5.74) is 0.550. The van der Waals surface area contributed by atoms with Gasteiger partial charge in [-0.2, -0.15) is 0 Å². The van der Waals surface area contributed by atoms with Crippen LogP contribution in [0.1, 0.15) is 46.3 Å². The molecule has 4 rings (SSSR count). The minimum atomic E-state index is -0.665. The van der Waals surface area contributed by atoms with E-state index in [4.69, 9.17) is 13.9 Å². The number of esters is 1. The molecule has 1 aliphatic rings. The molecule has 0 radical (unpaired) electrons. The van der Waals surface area contributed by atoms with Gasteiger partial charge in [0.05, 0.1) is 18.9 Å². The topological polar surface area (TPSA) is 123 Å². The first kappa shape index (κ1) is 19.5. The van der Waals surface area contributed by atoms with Gasteiger partial charge in [0.15, 0.2) is 23.0 Å². The van der Waals surface area contributed by atoms with Gasteiger partial charge >= 0.3 is 11.6 Å². The average Bonchev–Trinajstić information content (AvgIpc) is 2.66. The summed E-state index contributed by atoms with van der Waals surface area (Å²) in [5.74, 6) is -2.21. The van der Waals surface area contributed by atoms with Crippen LogP contribution in [0.15, 0.2) is 33.5 Å². The number of phenolic OH excluding ortho intramolecular Hbond substituents is 2. The lowest BCUT2D eigenvalue weighted by atomic mass is 9.82. The Morgan fingerprint density at radius 2 is 1.93 bits per heavy atom. The van der Waals surface area contributed by atoms with Gasteiger partial charge in [-0.25, -0.2) is 4.79 Å². The average molecular weight is 410 g/mol. The number of benzene rings is 2. The molecule has 0 amide bonds. The Labute approximate surface area is 170 Å². The lowest BCUT2D eigenvalue weighted by molar-refractivity contribution is -0.135. The van der Waals surface area contributed by atoms with Crippen LogP contribution in [0.4, 0.5) is 0 Å². The molecule has 154 valence electrons. The Kier molecular flexibility index (Phi) is 4.49. The summed E-state index contributed by atoms with van der Waals surface area (Å²) in [7, 11) is 1.39. The first-order valence-corrected chi connectivity index (χ1v) is 9.14. The van der Waals surface area contributed by atoms with E-state index < -0.39 is 29.0 Å². The van der Waals surface area contributed by atoms with Crippen LogP contribution in [0.5, 0.6) is 23.0 Å². The highest BCUT2D eigenvalue weighted by molar-refractivity contribution is 6.09. The Morgan fingerprint density at radius 3 is 2.60 bits per heavy atom. The molecule has 8 nitrogen and oxygen atoms in total. The molecule has 1 unspecified atom stereocenters. The number of hydrogen-bond acceptors (Lipinski definition) is 8. The van der Waals surface area contributed by atoms with Crippen LogP contribution in [-0.2, 0) is 4.79 Å². The second-order valence-corrected chi connectivity index (χ2v) is 7.14. The van der Waals surface area contributed by atoms with Gasteiger partial charge in [0.25, 0.3) is 0 Å². The number of rotatable bonds is 3. The van der Waals surface area contributed by atoms with E-state index in [-0.39, 0.29) is 40.2 Å². The van der Waals surface area contributed by atoms with Crippen molar-refractivity contribution >= 4 is 22.7 Å². The third kappa shape index (κ3) is 2.88. The maximum absolute atomic E-state index is 12.4. The molecule has 8 heteroatoms. The lowest BCUT2D eigenvalue weighted by Gasteiger charge is -2.28. The molecule has 0 bridgehead atoms. The molecule has 2 heterocycles. The van der Waals surface area contributed by atoms with E-state index >= 15 is 0 Å². The van der Waals surface area contributed by atoms with E-state index in [1.54, 1.807) is 19.1 Å². The van der Waals surface area contributed by atoms with Gasteiger partial charge in [-0.1, -0.05) is 6.07 Å². The highest BCUT2D eigenvalue weighted by atomic mass is 16.5. The molecular formula is C22H18O8. The number of hydrogen-bond donors (Lipinski definition) is 2. The fraction of sp³-hybridized carbons (Fsp3) is 0.227. The van der Waals surface area contributed by atoms with E-state index in [1.165, 1.54) is 26.2 Å². The van der Waals surface area contributed by atoms with Crippen molar-refractivity contribution in [2.24, 2.45) is 0 Å². The van der Waals surface area contributed by atoms with Crippen molar-refractivity contribution in [2.45, 2.75) is 26.2 Å². The summed E-state index contributed by atoms with van der Waals surface area (Å²) < 4.78 is 16.0. The fourth-order valence-electron chi connectivity index (χ4n) is 3.93. The molecule has 0 aliphatic carbocycles. The number of ether oxygens (including phenoxy) is 2. The number of carbonyl (C=O) groups is 2. The van der Waals surface area contributed by atoms with E-state index in [0.717, 1.165) is 0 Å². The molecule has 30 heavy (non-hydrogen) atoms. The number of methoxy groups -OCH3 is 1. The number of phenols is 2. The Bertz CT molecular complexity index is 1280. The van der Waals surface area contributed by atoms with Gasteiger partial charge in [-0.15, -0.1) is 0 Å². The number of aryl methyl sites for hydroxylation is 1. The molecule has 3 aromatic rings. The summed E-state index contributed by atoms with van der Waals surface area (Å²) in [6.07, 6.45) is -0.101. The van der Waals surface area contributed by atoms with Crippen LogP contribution in [-0.4, -0.2) is 29.1 Å². The highest BCUT2D eigenvalue weighted by Gasteiger charge is 2.37. The van der Waals surface area contributed by atoms with Crippen molar-refractivity contribution in [1.29, 1.82) is 0 Å². The largest absolute Gasteiger partial charge is 0.506 e. The normalized spacial score (nSPS) is 15.6. The van der Waals surface area contributed by atoms with Gasteiger partial charge in [0.1, 0.15) is 16.9 Å². The van der Waals surface area contributed by atoms with Crippen molar-refractivity contribution in [1.82, 2.24) is 0 Å². The second-order valence-electron chi connectivity index (χ2n) is 7.14. The van der Waals surface area contributed by atoms with Crippen LogP contribution in [0.3, 0.4) is 0 Å². The van der Waals surface area contributed by atoms with Gasteiger partial charge in [-0.05, 0) is 37.1 Å². The summed E-state index contributed by atoms with van der Waals surface area (Å²) in [6.45, 7) is 2.86. The summed E-state index contributed by atoms with van der Waals surface area (Å²) >= 11 is 0. The molecule has 2 N–H and O–H groups in total. The second kappa shape index (κ2) is 6.91. The number of fused-ring (bicyclic) bond motifs is 3. The van der Waals surface area contributed by atoms with Crippen molar-refractivity contribution in [3.63, 3.8) is 0 Å².